The van der Waals surface area contributed by atoms with Gasteiger partial charge >= 0.3 is 0 Å². The molecule has 1 saturated heterocycles. The fourth-order valence-electron chi connectivity index (χ4n) is 3.02. The highest BCUT2D eigenvalue weighted by Crippen LogP contribution is 2.31. The zero-order chi connectivity index (χ0) is 17.1. The van der Waals surface area contributed by atoms with E-state index >= 15 is 0 Å². The number of amides is 1. The fraction of sp³-hybridized carbons (Fsp3) is 0.562. The normalized spacial score (nSPS) is 17.0. The Kier molecular flexibility index (Phi) is 7.53. The molecule has 1 aliphatic rings. The van der Waals surface area contributed by atoms with Gasteiger partial charge in [-0.15, -0.1) is 12.4 Å². The molecule has 1 N–H and O–H groups in total. The third-order valence-corrected chi connectivity index (χ3v) is 6.87. The predicted molar refractivity (Wildman–Crippen MR) is 99.5 cm³/mol. The van der Waals surface area contributed by atoms with E-state index in [0.717, 1.165) is 5.56 Å². The second kappa shape index (κ2) is 8.52. The maximum Gasteiger partial charge on any atom is 0.244 e. The van der Waals surface area contributed by atoms with E-state index in [2.05, 4.69) is 5.32 Å². The molecule has 24 heavy (non-hydrogen) atoms. The first-order valence-electron chi connectivity index (χ1n) is 7.75. The van der Waals surface area contributed by atoms with Crippen LogP contribution in [0.4, 0.5) is 0 Å². The molecule has 0 radical (unpaired) electrons. The highest BCUT2D eigenvalue weighted by molar-refractivity contribution is 7.92. The van der Waals surface area contributed by atoms with Crippen LogP contribution in [-0.4, -0.2) is 49.9 Å². The van der Waals surface area contributed by atoms with Crippen molar-refractivity contribution < 1.29 is 13.2 Å². The van der Waals surface area contributed by atoms with Crippen LogP contribution in [-0.2, 0) is 21.2 Å². The minimum Gasteiger partial charge on any atom is -0.337 e. The van der Waals surface area contributed by atoms with Crippen LogP contribution in [0.3, 0.4) is 0 Å². The number of benzene rings is 1. The van der Waals surface area contributed by atoms with E-state index in [4.69, 9.17) is 11.6 Å². The first kappa shape index (κ1) is 21.2. The minimum atomic E-state index is -3.51. The summed E-state index contributed by atoms with van der Waals surface area (Å²) in [6.07, 6.45) is 1.78. The van der Waals surface area contributed by atoms with Crippen molar-refractivity contribution >= 4 is 39.8 Å². The molecule has 136 valence electrons. The highest BCUT2D eigenvalue weighted by Gasteiger charge is 2.50. The van der Waals surface area contributed by atoms with Crippen molar-refractivity contribution in [2.24, 2.45) is 0 Å². The number of hydrogen-bond acceptors (Lipinski definition) is 4. The lowest BCUT2D eigenvalue weighted by atomic mass is 9.95. The van der Waals surface area contributed by atoms with Crippen LogP contribution < -0.4 is 5.32 Å². The van der Waals surface area contributed by atoms with E-state index in [9.17, 15) is 13.2 Å². The number of nitrogens with zero attached hydrogens (tertiary/aromatic N) is 1. The molecule has 5 nitrogen and oxygen atoms in total. The Morgan fingerprint density at radius 2 is 1.88 bits per heavy atom. The Bertz CT molecular complexity index is 674. The fourth-order valence-corrected chi connectivity index (χ4v) is 4.61. The van der Waals surface area contributed by atoms with Gasteiger partial charge in [0.2, 0.25) is 5.91 Å². The molecule has 0 spiro atoms. The number of rotatable bonds is 5. The first-order chi connectivity index (χ1) is 10.8. The molecule has 1 aromatic carbocycles. The summed E-state index contributed by atoms with van der Waals surface area (Å²) >= 11 is 6.17. The zero-order valence-electron chi connectivity index (χ0n) is 13.9. The highest BCUT2D eigenvalue weighted by atomic mass is 35.5. The number of sulfone groups is 1. The molecule has 0 aromatic heterocycles. The lowest BCUT2D eigenvalue weighted by Gasteiger charge is -2.38. The monoisotopic (exact) mass is 394 g/mol. The predicted octanol–water partition coefficient (Wildman–Crippen LogP) is 2.28. The van der Waals surface area contributed by atoms with Crippen LogP contribution in [0.1, 0.15) is 25.3 Å². The van der Waals surface area contributed by atoms with Crippen LogP contribution >= 0.6 is 24.0 Å². The number of piperidine rings is 1. The van der Waals surface area contributed by atoms with Gasteiger partial charge in [-0.3, -0.25) is 4.79 Å². The third-order valence-electron chi connectivity index (χ3n) is 4.50. The molecule has 1 fully saturated rings. The number of halogens is 2. The van der Waals surface area contributed by atoms with Crippen LogP contribution in [0, 0.1) is 0 Å². The van der Waals surface area contributed by atoms with Crippen molar-refractivity contribution in [3.63, 3.8) is 0 Å². The van der Waals surface area contributed by atoms with Crippen molar-refractivity contribution in [3.8, 4) is 0 Å². The Labute approximate surface area is 155 Å². The molecular formula is C16H24Cl2N2O3S. The van der Waals surface area contributed by atoms with E-state index in [1.165, 1.54) is 6.26 Å². The van der Waals surface area contributed by atoms with Crippen LogP contribution in [0.25, 0.3) is 0 Å². The molecule has 0 unspecified atom stereocenters. The Morgan fingerprint density at radius 3 is 2.38 bits per heavy atom. The van der Waals surface area contributed by atoms with Crippen LogP contribution in [0.15, 0.2) is 24.3 Å². The van der Waals surface area contributed by atoms with Gasteiger partial charge in [-0.1, -0.05) is 29.8 Å². The van der Waals surface area contributed by atoms with Crippen LogP contribution in [0.2, 0.25) is 5.02 Å². The molecule has 0 bridgehead atoms. The van der Waals surface area contributed by atoms with E-state index in [1.807, 2.05) is 25.1 Å². The summed E-state index contributed by atoms with van der Waals surface area (Å²) in [6.45, 7) is 3.67. The average Bonchev–Trinajstić information content (AvgIpc) is 2.53. The summed E-state index contributed by atoms with van der Waals surface area (Å²) in [4.78, 5) is 14.7. The topological polar surface area (TPSA) is 66.5 Å². The molecule has 1 aliphatic heterocycles. The Morgan fingerprint density at radius 1 is 1.29 bits per heavy atom. The van der Waals surface area contributed by atoms with E-state index < -0.39 is 14.6 Å². The number of hydrogen-bond donors (Lipinski definition) is 1. The number of nitrogens with one attached hydrogen (secondary N) is 1. The molecule has 0 aliphatic carbocycles. The van der Waals surface area contributed by atoms with Gasteiger partial charge < -0.3 is 10.2 Å². The molecule has 0 atom stereocenters. The second-order valence-corrected chi connectivity index (χ2v) is 8.66. The number of carbonyl (C=O) groups excluding carboxylic acids is 1. The Hall–Kier alpha value is -0.820. The van der Waals surface area contributed by atoms with Crippen LogP contribution in [0.5, 0.6) is 0 Å². The van der Waals surface area contributed by atoms with Gasteiger partial charge in [0.15, 0.2) is 14.6 Å². The third kappa shape index (κ3) is 4.23. The van der Waals surface area contributed by atoms with E-state index in [0.29, 0.717) is 44.0 Å². The van der Waals surface area contributed by atoms with Crippen molar-refractivity contribution in [1.82, 2.24) is 10.2 Å². The molecule has 1 heterocycles. The molecular weight excluding hydrogens is 371 g/mol. The smallest absolute Gasteiger partial charge is 0.244 e. The second-order valence-electron chi connectivity index (χ2n) is 5.93. The lowest BCUT2D eigenvalue weighted by Crippen LogP contribution is -2.58. The standard InChI is InChI=1S/C16H23ClN2O3S.ClH/c1-3-19(12-13-6-4-5-7-14(13)17)15(20)16(23(2,21)22)8-10-18-11-9-16;/h4-7,18H,3,8-12H2,1-2H3;1H. The van der Waals surface area contributed by atoms with Gasteiger partial charge in [0.1, 0.15) is 0 Å². The van der Waals surface area contributed by atoms with Gasteiger partial charge in [-0.05, 0) is 44.5 Å². The quantitative estimate of drug-likeness (QED) is 0.831. The van der Waals surface area contributed by atoms with Crippen molar-refractivity contribution in [3.05, 3.63) is 34.9 Å². The molecule has 2 rings (SSSR count). The molecule has 1 amide bonds. The van der Waals surface area contributed by atoms with Gasteiger partial charge in [-0.2, -0.15) is 0 Å². The summed E-state index contributed by atoms with van der Waals surface area (Å²) in [6, 6.07) is 7.31. The largest absolute Gasteiger partial charge is 0.337 e. The maximum absolute atomic E-state index is 13.1. The summed E-state index contributed by atoms with van der Waals surface area (Å²) in [5.41, 5.74) is 0.821. The van der Waals surface area contributed by atoms with E-state index in [-0.39, 0.29) is 18.3 Å². The molecule has 8 heteroatoms. The lowest BCUT2D eigenvalue weighted by molar-refractivity contribution is -0.135. The first-order valence-corrected chi connectivity index (χ1v) is 10.0. The molecule has 1 aromatic rings. The van der Waals surface area contributed by atoms with Crippen molar-refractivity contribution in [2.45, 2.75) is 31.1 Å². The van der Waals surface area contributed by atoms with Crippen molar-refractivity contribution in [1.29, 1.82) is 0 Å². The van der Waals surface area contributed by atoms with E-state index in [1.54, 1.807) is 11.0 Å². The van der Waals surface area contributed by atoms with Gasteiger partial charge in [0.05, 0.1) is 0 Å². The summed E-state index contributed by atoms with van der Waals surface area (Å²) in [5, 5.41) is 3.71. The SMILES string of the molecule is CCN(Cc1ccccc1Cl)C(=O)C1(S(C)(=O)=O)CCNCC1.Cl. The van der Waals surface area contributed by atoms with Gasteiger partial charge in [0.25, 0.3) is 0 Å². The zero-order valence-corrected chi connectivity index (χ0v) is 16.3. The van der Waals surface area contributed by atoms with Gasteiger partial charge in [-0.25, -0.2) is 8.42 Å². The minimum absolute atomic E-state index is 0. The molecule has 0 saturated carbocycles. The average molecular weight is 395 g/mol. The van der Waals surface area contributed by atoms with Gasteiger partial charge in [0, 0.05) is 24.4 Å². The summed E-state index contributed by atoms with van der Waals surface area (Å²) in [7, 11) is -3.51. The van der Waals surface area contributed by atoms with Crippen molar-refractivity contribution in [2.75, 3.05) is 25.9 Å². The number of carbonyl (C=O) groups is 1. The summed E-state index contributed by atoms with van der Waals surface area (Å²) in [5.74, 6) is -0.316. The maximum atomic E-state index is 13.1. The summed E-state index contributed by atoms with van der Waals surface area (Å²) < 4.78 is 23.5. The Balaban J connectivity index is 0.00000288.